The molecule has 1 aliphatic carbocycles. The molecule has 0 aromatic heterocycles. The second-order valence-corrected chi connectivity index (χ2v) is 5.80. The van der Waals surface area contributed by atoms with E-state index in [0.717, 1.165) is 17.1 Å². The van der Waals surface area contributed by atoms with Crippen LogP contribution >= 0.6 is 0 Å². The molecular weight excluding hydrogens is 284 g/mol. The second kappa shape index (κ2) is 6.13. The highest BCUT2D eigenvalue weighted by Crippen LogP contribution is 2.47. The third kappa shape index (κ3) is 2.90. The molecule has 2 atom stereocenters. The Morgan fingerprint density at radius 3 is 2.96 bits per heavy atom. The Morgan fingerprint density at radius 2 is 2.17 bits per heavy atom. The molecule has 0 bridgehead atoms. The Hall–Kier alpha value is -2.81. The molecule has 3 heteroatoms. The van der Waals surface area contributed by atoms with E-state index in [1.807, 2.05) is 36.4 Å². The van der Waals surface area contributed by atoms with E-state index in [2.05, 4.69) is 25.7 Å². The summed E-state index contributed by atoms with van der Waals surface area (Å²) >= 11 is 0. The maximum atomic E-state index is 7.84. The van der Waals surface area contributed by atoms with Gasteiger partial charge in [-0.1, -0.05) is 48.6 Å². The number of nitrogens with one attached hydrogen (secondary N) is 1. The molecule has 1 aliphatic heterocycles. The van der Waals surface area contributed by atoms with Crippen LogP contribution < -0.4 is 10.5 Å². The highest BCUT2D eigenvalue weighted by atomic mass is 16.5. The van der Waals surface area contributed by atoms with Crippen LogP contribution in [0.3, 0.4) is 0 Å². The van der Waals surface area contributed by atoms with E-state index in [9.17, 15) is 0 Å². The Balaban J connectivity index is 2.11. The van der Waals surface area contributed by atoms with Crippen LogP contribution in [0.5, 0.6) is 5.75 Å². The van der Waals surface area contributed by atoms with E-state index >= 15 is 0 Å². The first-order chi connectivity index (χ1) is 11.1. The van der Waals surface area contributed by atoms with E-state index in [4.69, 9.17) is 15.9 Å². The number of fused-ring (bicyclic) bond motifs is 2. The lowest BCUT2D eigenvalue weighted by molar-refractivity contribution is 0.323. The number of nitrogen functional groups attached to an aromatic ring is 1. The monoisotopic (exact) mass is 304 g/mol. The standard InChI is InChI=1S/C20H20N2O/c1-3-4-5-6-13(2)20-16-9-7-14(21)11-18(16)23-19-12-15(22)8-10-17(19)20/h3-12,16,20-21H,1,22H2,2H3/b5-4-,13-6+,21-14?. The summed E-state index contributed by atoms with van der Waals surface area (Å²) in [4.78, 5) is 0. The topological polar surface area (TPSA) is 59.1 Å². The molecule has 2 aliphatic rings. The van der Waals surface area contributed by atoms with E-state index in [0.29, 0.717) is 11.4 Å². The number of rotatable bonds is 3. The van der Waals surface area contributed by atoms with Gasteiger partial charge in [0.25, 0.3) is 0 Å². The van der Waals surface area contributed by atoms with Crippen molar-refractivity contribution in [3.8, 4) is 5.75 Å². The largest absolute Gasteiger partial charge is 0.461 e. The first kappa shape index (κ1) is 15.1. The third-order valence-corrected chi connectivity index (χ3v) is 4.17. The molecule has 1 aromatic rings. The average Bonchev–Trinajstić information content (AvgIpc) is 2.52. The fourth-order valence-electron chi connectivity index (χ4n) is 3.11. The van der Waals surface area contributed by atoms with E-state index in [-0.39, 0.29) is 11.8 Å². The van der Waals surface area contributed by atoms with Crippen molar-refractivity contribution in [3.05, 3.63) is 84.2 Å². The Morgan fingerprint density at radius 1 is 1.35 bits per heavy atom. The summed E-state index contributed by atoms with van der Waals surface area (Å²) in [5.74, 6) is 1.86. The first-order valence-corrected chi connectivity index (χ1v) is 7.61. The van der Waals surface area contributed by atoms with Crippen molar-refractivity contribution >= 4 is 11.4 Å². The third-order valence-electron chi connectivity index (χ3n) is 4.17. The smallest absolute Gasteiger partial charge is 0.132 e. The molecule has 0 spiro atoms. The molecule has 116 valence electrons. The van der Waals surface area contributed by atoms with Crippen molar-refractivity contribution in [2.24, 2.45) is 5.92 Å². The van der Waals surface area contributed by atoms with Gasteiger partial charge in [0.2, 0.25) is 0 Å². The molecule has 0 saturated heterocycles. The summed E-state index contributed by atoms with van der Waals surface area (Å²) in [7, 11) is 0. The van der Waals surface area contributed by atoms with Crippen molar-refractivity contribution in [3.63, 3.8) is 0 Å². The fourth-order valence-corrected chi connectivity index (χ4v) is 3.11. The number of nitrogens with two attached hydrogens (primary N) is 1. The van der Waals surface area contributed by atoms with Crippen LogP contribution in [0.15, 0.2) is 78.6 Å². The highest BCUT2D eigenvalue weighted by molar-refractivity contribution is 6.03. The second-order valence-electron chi connectivity index (χ2n) is 5.80. The van der Waals surface area contributed by atoms with E-state index in [1.54, 1.807) is 12.2 Å². The van der Waals surface area contributed by atoms with Gasteiger partial charge in [0.1, 0.15) is 11.5 Å². The molecule has 1 aromatic carbocycles. The summed E-state index contributed by atoms with van der Waals surface area (Å²) in [5.41, 5.74) is 9.39. The highest BCUT2D eigenvalue weighted by Gasteiger charge is 2.35. The number of benzene rings is 1. The molecule has 0 saturated carbocycles. The van der Waals surface area contributed by atoms with Gasteiger partial charge < -0.3 is 15.9 Å². The van der Waals surface area contributed by atoms with Gasteiger partial charge in [-0.3, -0.25) is 0 Å². The van der Waals surface area contributed by atoms with Crippen LogP contribution in [-0.2, 0) is 0 Å². The number of anilines is 1. The molecule has 23 heavy (non-hydrogen) atoms. The molecule has 3 N–H and O–H groups in total. The van der Waals surface area contributed by atoms with E-state index < -0.39 is 0 Å². The minimum atomic E-state index is 0.105. The van der Waals surface area contributed by atoms with Crippen molar-refractivity contribution in [2.75, 3.05) is 5.73 Å². The van der Waals surface area contributed by atoms with Gasteiger partial charge >= 0.3 is 0 Å². The van der Waals surface area contributed by atoms with Crippen LogP contribution in [0.4, 0.5) is 5.69 Å². The lowest BCUT2D eigenvalue weighted by Crippen LogP contribution is -2.26. The summed E-state index contributed by atoms with van der Waals surface area (Å²) in [6, 6.07) is 5.80. The maximum absolute atomic E-state index is 7.84. The van der Waals surface area contributed by atoms with Crippen molar-refractivity contribution in [2.45, 2.75) is 12.8 Å². The molecule has 0 radical (unpaired) electrons. The van der Waals surface area contributed by atoms with Crippen molar-refractivity contribution in [1.29, 1.82) is 5.41 Å². The number of hydrogen-bond donors (Lipinski definition) is 2. The lowest BCUT2D eigenvalue weighted by Gasteiger charge is -2.36. The van der Waals surface area contributed by atoms with Crippen LogP contribution in [0, 0.1) is 11.3 Å². The van der Waals surface area contributed by atoms with Crippen LogP contribution in [-0.4, -0.2) is 5.71 Å². The van der Waals surface area contributed by atoms with Gasteiger partial charge in [-0.05, 0) is 19.1 Å². The average molecular weight is 304 g/mol. The van der Waals surface area contributed by atoms with Crippen molar-refractivity contribution < 1.29 is 4.74 Å². The molecule has 1 heterocycles. The molecule has 3 nitrogen and oxygen atoms in total. The van der Waals surface area contributed by atoms with Crippen LogP contribution in [0.25, 0.3) is 0 Å². The van der Waals surface area contributed by atoms with Gasteiger partial charge in [-0.2, -0.15) is 0 Å². The molecule has 3 rings (SSSR count). The van der Waals surface area contributed by atoms with Gasteiger partial charge in [-0.25, -0.2) is 0 Å². The number of allylic oxidation sites excluding steroid dienone is 8. The summed E-state index contributed by atoms with van der Waals surface area (Å²) in [5, 5.41) is 7.84. The van der Waals surface area contributed by atoms with Crippen molar-refractivity contribution in [1.82, 2.24) is 0 Å². The molecule has 0 fully saturated rings. The van der Waals surface area contributed by atoms with Crippen LogP contribution in [0.2, 0.25) is 0 Å². The minimum absolute atomic E-state index is 0.105. The van der Waals surface area contributed by atoms with Gasteiger partial charge in [0.05, 0.1) is 5.71 Å². The number of ether oxygens (including phenoxy) is 1. The number of hydrogen-bond acceptors (Lipinski definition) is 3. The fraction of sp³-hybridized carbons (Fsp3) is 0.150. The van der Waals surface area contributed by atoms with Gasteiger partial charge in [-0.15, -0.1) is 0 Å². The van der Waals surface area contributed by atoms with Gasteiger partial charge in [0, 0.05) is 35.2 Å². The summed E-state index contributed by atoms with van der Waals surface area (Å²) in [6.45, 7) is 5.82. The molecular formula is C20H20N2O. The molecule has 0 amide bonds. The predicted molar refractivity (Wildman–Crippen MR) is 95.8 cm³/mol. The van der Waals surface area contributed by atoms with Gasteiger partial charge in [0.15, 0.2) is 0 Å². The lowest BCUT2D eigenvalue weighted by atomic mass is 9.76. The predicted octanol–water partition coefficient (Wildman–Crippen LogP) is 4.52. The zero-order valence-corrected chi connectivity index (χ0v) is 13.1. The SMILES string of the molecule is C=C/C=C\C=C(/C)C1c2ccc(N)cc2OC2=CC(=N)C=CC21. The normalized spacial score (nSPS) is 23.1. The molecule has 2 unspecified atom stereocenters. The summed E-state index contributed by atoms with van der Waals surface area (Å²) < 4.78 is 6.02. The Labute approximate surface area is 136 Å². The zero-order valence-electron chi connectivity index (χ0n) is 13.1. The zero-order chi connectivity index (χ0) is 16.4. The Kier molecular flexibility index (Phi) is 4.02. The maximum Gasteiger partial charge on any atom is 0.132 e. The van der Waals surface area contributed by atoms with E-state index in [1.165, 1.54) is 5.57 Å². The first-order valence-electron chi connectivity index (χ1n) is 7.61. The quantitative estimate of drug-likeness (QED) is 0.637. The summed E-state index contributed by atoms with van der Waals surface area (Å²) in [6.07, 6.45) is 13.4. The minimum Gasteiger partial charge on any atom is -0.461 e. The van der Waals surface area contributed by atoms with Crippen LogP contribution in [0.1, 0.15) is 18.4 Å². The Bertz CT molecular complexity index is 781.